The summed E-state index contributed by atoms with van der Waals surface area (Å²) >= 11 is 2.13. The summed E-state index contributed by atoms with van der Waals surface area (Å²) in [4.78, 5) is 13.9. The van der Waals surface area contributed by atoms with E-state index >= 15 is 0 Å². The predicted octanol–water partition coefficient (Wildman–Crippen LogP) is 0.497. The number of morpholine rings is 1. The van der Waals surface area contributed by atoms with Crippen LogP contribution in [0.25, 0.3) is 0 Å². The third kappa shape index (κ3) is 2.15. The van der Waals surface area contributed by atoms with Crippen molar-refractivity contribution in [1.29, 1.82) is 0 Å². The first kappa shape index (κ1) is 10.9. The van der Waals surface area contributed by atoms with Gasteiger partial charge in [0.05, 0.1) is 23.0 Å². The lowest BCUT2D eigenvalue weighted by molar-refractivity contribution is 0.0295. The number of rotatable bonds is 1. The summed E-state index contributed by atoms with van der Waals surface area (Å²) in [5, 5.41) is 4.06. The summed E-state index contributed by atoms with van der Waals surface area (Å²) in [5.74, 6) is 0.0442. The molecule has 0 spiro atoms. The van der Waals surface area contributed by atoms with Gasteiger partial charge in [-0.25, -0.2) is 0 Å². The van der Waals surface area contributed by atoms with Crippen molar-refractivity contribution in [2.24, 2.45) is 7.05 Å². The molecule has 0 atom stereocenters. The summed E-state index contributed by atoms with van der Waals surface area (Å²) in [5.41, 5.74) is 0.664. The van der Waals surface area contributed by atoms with E-state index in [0.717, 1.165) is 3.57 Å². The van der Waals surface area contributed by atoms with Gasteiger partial charge >= 0.3 is 0 Å². The van der Waals surface area contributed by atoms with Gasteiger partial charge in [0.25, 0.3) is 5.91 Å². The van der Waals surface area contributed by atoms with Gasteiger partial charge in [-0.1, -0.05) is 0 Å². The van der Waals surface area contributed by atoms with Gasteiger partial charge in [0.15, 0.2) is 0 Å². The van der Waals surface area contributed by atoms with Crippen molar-refractivity contribution in [1.82, 2.24) is 14.7 Å². The molecule has 0 radical (unpaired) electrons. The minimum Gasteiger partial charge on any atom is -0.378 e. The van der Waals surface area contributed by atoms with E-state index in [-0.39, 0.29) is 5.91 Å². The molecule has 1 aliphatic heterocycles. The Labute approximate surface area is 102 Å². The van der Waals surface area contributed by atoms with Gasteiger partial charge < -0.3 is 9.64 Å². The molecule has 1 saturated heterocycles. The van der Waals surface area contributed by atoms with Crippen molar-refractivity contribution < 1.29 is 9.53 Å². The van der Waals surface area contributed by atoms with Crippen molar-refractivity contribution in [3.63, 3.8) is 0 Å². The molecule has 0 aromatic carbocycles. The highest BCUT2D eigenvalue weighted by atomic mass is 127. The van der Waals surface area contributed by atoms with Gasteiger partial charge in [0, 0.05) is 20.1 Å². The molecule has 1 aromatic heterocycles. The third-order valence-corrected chi connectivity index (χ3v) is 3.18. The molecule has 82 valence electrons. The Bertz CT molecular complexity index is 352. The van der Waals surface area contributed by atoms with Crippen molar-refractivity contribution in [2.75, 3.05) is 26.3 Å². The van der Waals surface area contributed by atoms with Crippen LogP contribution in [0.15, 0.2) is 6.20 Å². The monoisotopic (exact) mass is 321 g/mol. The molecule has 0 N–H and O–H groups in total. The number of carbonyl (C=O) groups is 1. The maximum atomic E-state index is 12.1. The fraction of sp³-hybridized carbons (Fsp3) is 0.556. The molecular weight excluding hydrogens is 309 g/mol. The quantitative estimate of drug-likeness (QED) is 0.708. The molecule has 1 aliphatic rings. The first-order valence-electron chi connectivity index (χ1n) is 4.74. The topological polar surface area (TPSA) is 47.4 Å². The summed E-state index contributed by atoms with van der Waals surface area (Å²) in [6.07, 6.45) is 1.70. The zero-order chi connectivity index (χ0) is 10.8. The largest absolute Gasteiger partial charge is 0.378 e. The van der Waals surface area contributed by atoms with Crippen LogP contribution in [0.2, 0.25) is 0 Å². The second-order valence-electron chi connectivity index (χ2n) is 3.37. The van der Waals surface area contributed by atoms with E-state index in [1.807, 2.05) is 4.90 Å². The van der Waals surface area contributed by atoms with Crippen LogP contribution in [0, 0.1) is 3.57 Å². The van der Waals surface area contributed by atoms with Crippen LogP contribution in [0.1, 0.15) is 10.5 Å². The van der Waals surface area contributed by atoms with Crippen LogP contribution in [-0.2, 0) is 11.8 Å². The van der Waals surface area contributed by atoms with Gasteiger partial charge in [0.2, 0.25) is 0 Å². The highest BCUT2D eigenvalue weighted by Crippen LogP contribution is 2.13. The standard InChI is InChI=1S/C9H12IN3O2/c1-12-8(7(10)6-11-12)9(14)13-2-4-15-5-3-13/h6H,2-5H2,1H3. The van der Waals surface area contributed by atoms with Crippen molar-refractivity contribution in [2.45, 2.75) is 0 Å². The fourth-order valence-electron chi connectivity index (χ4n) is 1.57. The van der Waals surface area contributed by atoms with Crippen molar-refractivity contribution >= 4 is 28.5 Å². The molecule has 2 rings (SSSR count). The van der Waals surface area contributed by atoms with Crippen LogP contribution in [0.5, 0.6) is 0 Å². The maximum absolute atomic E-state index is 12.1. The molecule has 6 heteroatoms. The van der Waals surface area contributed by atoms with Crippen LogP contribution < -0.4 is 0 Å². The Morgan fingerprint density at radius 3 is 2.73 bits per heavy atom. The molecule has 1 amide bonds. The number of aromatic nitrogens is 2. The summed E-state index contributed by atoms with van der Waals surface area (Å²) in [6.45, 7) is 2.58. The number of carbonyl (C=O) groups excluding carboxylic acids is 1. The zero-order valence-electron chi connectivity index (χ0n) is 8.44. The Hall–Kier alpha value is -0.630. The number of hydrogen-bond acceptors (Lipinski definition) is 3. The normalized spacial score (nSPS) is 16.8. The molecular formula is C9H12IN3O2. The van der Waals surface area contributed by atoms with Crippen LogP contribution in [0.3, 0.4) is 0 Å². The van der Waals surface area contributed by atoms with Gasteiger partial charge in [-0.05, 0) is 22.6 Å². The van der Waals surface area contributed by atoms with Crippen LogP contribution in [0.4, 0.5) is 0 Å². The van der Waals surface area contributed by atoms with E-state index in [0.29, 0.717) is 32.0 Å². The number of nitrogens with zero attached hydrogens (tertiary/aromatic N) is 3. The van der Waals surface area contributed by atoms with E-state index in [4.69, 9.17) is 4.74 Å². The highest BCUT2D eigenvalue weighted by Gasteiger charge is 2.23. The third-order valence-electron chi connectivity index (χ3n) is 2.39. The number of hydrogen-bond donors (Lipinski definition) is 0. The Kier molecular flexibility index (Phi) is 3.25. The van der Waals surface area contributed by atoms with Gasteiger partial charge in [-0.2, -0.15) is 5.10 Å². The van der Waals surface area contributed by atoms with Gasteiger partial charge in [-0.15, -0.1) is 0 Å². The minimum atomic E-state index is 0.0442. The van der Waals surface area contributed by atoms with Crippen molar-refractivity contribution in [3.05, 3.63) is 15.5 Å². The molecule has 0 bridgehead atoms. The number of halogens is 1. The molecule has 0 unspecified atom stereocenters. The van der Waals surface area contributed by atoms with E-state index in [1.165, 1.54) is 0 Å². The summed E-state index contributed by atoms with van der Waals surface area (Å²) in [7, 11) is 1.79. The SMILES string of the molecule is Cn1ncc(I)c1C(=O)N1CCOCC1. The van der Waals surface area contributed by atoms with Gasteiger partial charge in [-0.3, -0.25) is 9.48 Å². The molecule has 0 aliphatic carbocycles. The molecule has 1 fully saturated rings. The first-order chi connectivity index (χ1) is 7.20. The lowest BCUT2D eigenvalue weighted by Crippen LogP contribution is -2.41. The smallest absolute Gasteiger partial charge is 0.273 e. The minimum absolute atomic E-state index is 0.0442. The average molecular weight is 321 g/mol. The highest BCUT2D eigenvalue weighted by molar-refractivity contribution is 14.1. The fourth-order valence-corrected chi connectivity index (χ4v) is 2.27. The molecule has 2 heterocycles. The number of aryl methyl sites for hydroxylation is 1. The first-order valence-corrected chi connectivity index (χ1v) is 5.82. The predicted molar refractivity (Wildman–Crippen MR) is 62.6 cm³/mol. The van der Waals surface area contributed by atoms with E-state index in [1.54, 1.807) is 17.9 Å². The Balaban J connectivity index is 2.19. The average Bonchev–Trinajstić information content (AvgIpc) is 2.59. The molecule has 5 nitrogen and oxygen atoms in total. The van der Waals surface area contributed by atoms with E-state index in [9.17, 15) is 4.79 Å². The summed E-state index contributed by atoms with van der Waals surface area (Å²) in [6, 6.07) is 0. The van der Waals surface area contributed by atoms with Crippen LogP contribution >= 0.6 is 22.6 Å². The molecule has 1 aromatic rings. The lowest BCUT2D eigenvalue weighted by atomic mass is 10.3. The van der Waals surface area contributed by atoms with Crippen LogP contribution in [-0.4, -0.2) is 46.9 Å². The Morgan fingerprint density at radius 2 is 2.20 bits per heavy atom. The molecule has 0 saturated carbocycles. The Morgan fingerprint density at radius 1 is 1.53 bits per heavy atom. The van der Waals surface area contributed by atoms with Crippen molar-refractivity contribution in [3.8, 4) is 0 Å². The van der Waals surface area contributed by atoms with E-state index in [2.05, 4.69) is 27.7 Å². The lowest BCUT2D eigenvalue weighted by Gasteiger charge is -2.26. The zero-order valence-corrected chi connectivity index (χ0v) is 10.6. The second kappa shape index (κ2) is 4.48. The van der Waals surface area contributed by atoms with E-state index < -0.39 is 0 Å². The second-order valence-corrected chi connectivity index (χ2v) is 4.53. The van der Waals surface area contributed by atoms with Gasteiger partial charge in [0.1, 0.15) is 5.69 Å². The summed E-state index contributed by atoms with van der Waals surface area (Å²) < 4.78 is 7.73. The number of amides is 1. The maximum Gasteiger partial charge on any atom is 0.273 e. The molecule has 15 heavy (non-hydrogen) atoms. The number of ether oxygens (including phenoxy) is 1.